The van der Waals surface area contributed by atoms with Gasteiger partial charge >= 0.3 is 43.7 Å². The Morgan fingerprint density at radius 2 is 1.74 bits per heavy atom. The molecule has 0 radical (unpaired) electrons. The summed E-state index contributed by atoms with van der Waals surface area (Å²) in [6.45, 7) is 0. The van der Waals surface area contributed by atoms with Crippen molar-refractivity contribution in [3.8, 4) is 16.9 Å². The molecule has 0 bridgehead atoms. The van der Waals surface area contributed by atoms with Gasteiger partial charge < -0.3 is 5.11 Å². The number of hydrogen-bond donors (Lipinski definition) is 1. The van der Waals surface area contributed by atoms with Crippen LogP contribution in [0.2, 0.25) is 5.02 Å². The number of para-hydroxylation sites is 1. The summed E-state index contributed by atoms with van der Waals surface area (Å²) in [4.78, 5) is 11.1. The summed E-state index contributed by atoms with van der Waals surface area (Å²) < 4.78 is 1.70. The predicted octanol–water partition coefficient (Wildman–Crippen LogP) is 3.44. The smallest absolute Gasteiger partial charge is 0.481 e. The largest absolute Gasteiger partial charge is 2.00 e. The first-order valence-electron chi connectivity index (χ1n) is 6.75. The van der Waals surface area contributed by atoms with Gasteiger partial charge in [-0.15, -0.1) is 0 Å². The Kier molecular flexibility index (Phi) is 6.25. The van der Waals surface area contributed by atoms with E-state index in [0.717, 1.165) is 11.3 Å². The molecule has 2 aromatic carbocycles. The Balaban J connectivity index is 0.00000192. The number of aliphatic carboxylic acids is 1. The minimum Gasteiger partial charge on any atom is -0.481 e. The maximum atomic E-state index is 11.1. The van der Waals surface area contributed by atoms with Crippen LogP contribution >= 0.6 is 11.6 Å². The van der Waals surface area contributed by atoms with Crippen molar-refractivity contribution in [1.82, 2.24) is 9.78 Å². The van der Waals surface area contributed by atoms with E-state index in [1.54, 1.807) is 23.0 Å². The van der Waals surface area contributed by atoms with Crippen molar-refractivity contribution >= 4 is 55.3 Å². The van der Waals surface area contributed by atoms with Crippen molar-refractivity contribution in [2.45, 2.75) is 6.42 Å². The Morgan fingerprint density at radius 3 is 2.35 bits per heavy atom. The molecule has 110 valence electrons. The standard InChI is InChI=1S/C17H13ClN2O2.Ca/c18-14-8-6-12(7-9-14)17-13(10-16(21)22)11-20(19-17)15-4-2-1-3-5-15;/h1-9,11H,10H2,(H,21,22);/q;+2. The minimum atomic E-state index is -0.886. The van der Waals surface area contributed by atoms with Crippen molar-refractivity contribution in [3.05, 3.63) is 71.4 Å². The number of nitrogens with zero attached hydrogens (tertiary/aromatic N) is 2. The second kappa shape index (κ2) is 7.97. The number of benzene rings is 2. The molecule has 0 aliphatic heterocycles. The van der Waals surface area contributed by atoms with E-state index < -0.39 is 5.97 Å². The van der Waals surface area contributed by atoms with Crippen LogP contribution in [0.1, 0.15) is 5.56 Å². The number of aromatic nitrogens is 2. The van der Waals surface area contributed by atoms with Gasteiger partial charge in [0.1, 0.15) is 0 Å². The van der Waals surface area contributed by atoms with Gasteiger partial charge in [-0.25, -0.2) is 4.68 Å². The first kappa shape index (κ1) is 18.0. The number of hydrogen-bond acceptors (Lipinski definition) is 2. The van der Waals surface area contributed by atoms with E-state index in [2.05, 4.69) is 5.10 Å². The SMILES string of the molecule is O=C(O)Cc1cn(-c2ccccc2)nc1-c1ccc(Cl)cc1.[Ca+2]. The van der Waals surface area contributed by atoms with E-state index in [1.165, 1.54) is 0 Å². The first-order chi connectivity index (χ1) is 10.6. The zero-order chi connectivity index (χ0) is 15.5. The van der Waals surface area contributed by atoms with Crippen LogP contribution in [0.15, 0.2) is 60.8 Å². The van der Waals surface area contributed by atoms with Crippen molar-refractivity contribution in [1.29, 1.82) is 0 Å². The van der Waals surface area contributed by atoms with Crippen LogP contribution in [0, 0.1) is 0 Å². The van der Waals surface area contributed by atoms with Crippen LogP contribution in [0.25, 0.3) is 16.9 Å². The Labute approximate surface area is 168 Å². The van der Waals surface area contributed by atoms with Gasteiger partial charge in [0.05, 0.1) is 17.8 Å². The van der Waals surface area contributed by atoms with Crippen molar-refractivity contribution in [2.24, 2.45) is 0 Å². The van der Waals surface area contributed by atoms with Crippen LogP contribution in [-0.2, 0) is 11.2 Å². The van der Waals surface area contributed by atoms with Gasteiger partial charge in [0.25, 0.3) is 0 Å². The normalized spacial score (nSPS) is 10.1. The number of halogens is 1. The summed E-state index contributed by atoms with van der Waals surface area (Å²) in [5.41, 5.74) is 3.05. The number of rotatable bonds is 4. The third kappa shape index (κ3) is 4.36. The summed E-state index contributed by atoms with van der Waals surface area (Å²) >= 11 is 5.90. The van der Waals surface area contributed by atoms with E-state index >= 15 is 0 Å². The molecule has 0 unspecified atom stereocenters. The average molecular weight is 353 g/mol. The molecule has 6 heteroatoms. The molecule has 0 spiro atoms. The fourth-order valence-electron chi connectivity index (χ4n) is 2.27. The zero-order valence-corrected chi connectivity index (χ0v) is 15.3. The fourth-order valence-corrected chi connectivity index (χ4v) is 2.39. The topological polar surface area (TPSA) is 55.1 Å². The van der Waals surface area contributed by atoms with Gasteiger partial charge in [-0.2, -0.15) is 5.10 Å². The van der Waals surface area contributed by atoms with E-state index in [0.29, 0.717) is 16.3 Å². The van der Waals surface area contributed by atoms with E-state index in [4.69, 9.17) is 16.7 Å². The van der Waals surface area contributed by atoms with Crippen LogP contribution in [0.4, 0.5) is 0 Å². The molecule has 3 aromatic rings. The molecule has 1 N–H and O–H groups in total. The monoisotopic (exact) mass is 352 g/mol. The third-order valence-electron chi connectivity index (χ3n) is 3.27. The van der Waals surface area contributed by atoms with Gasteiger partial charge in [0.15, 0.2) is 0 Å². The molecule has 0 atom stereocenters. The Morgan fingerprint density at radius 1 is 1.09 bits per heavy atom. The summed E-state index contributed by atoms with van der Waals surface area (Å²) in [6.07, 6.45) is 1.68. The number of carboxylic acids is 1. The minimum absolute atomic E-state index is 0. The Hall–Kier alpha value is -1.33. The van der Waals surface area contributed by atoms with E-state index in [1.807, 2.05) is 42.5 Å². The fraction of sp³-hybridized carbons (Fsp3) is 0.0588. The molecule has 1 aromatic heterocycles. The molecular weight excluding hydrogens is 340 g/mol. The molecule has 3 rings (SSSR count). The maximum Gasteiger partial charge on any atom is 2.00 e. The zero-order valence-electron chi connectivity index (χ0n) is 12.3. The Bertz CT molecular complexity index is 801. The second-order valence-electron chi connectivity index (χ2n) is 4.86. The molecule has 1 heterocycles. The van der Waals surface area contributed by atoms with Crippen LogP contribution in [-0.4, -0.2) is 58.6 Å². The molecule has 0 aliphatic rings. The predicted molar refractivity (Wildman–Crippen MR) is 91.1 cm³/mol. The summed E-state index contributed by atoms with van der Waals surface area (Å²) in [5, 5.41) is 14.3. The van der Waals surface area contributed by atoms with E-state index in [-0.39, 0.29) is 44.2 Å². The molecular formula is C17H13CaClN2O2+2. The van der Waals surface area contributed by atoms with Crippen molar-refractivity contribution in [3.63, 3.8) is 0 Å². The first-order valence-corrected chi connectivity index (χ1v) is 7.13. The summed E-state index contributed by atoms with van der Waals surface area (Å²) in [6, 6.07) is 16.8. The molecule has 0 amide bonds. The van der Waals surface area contributed by atoms with Crippen molar-refractivity contribution in [2.75, 3.05) is 0 Å². The van der Waals surface area contributed by atoms with Gasteiger partial charge in [-0.05, 0) is 24.3 Å². The maximum absolute atomic E-state index is 11.1. The van der Waals surface area contributed by atoms with Gasteiger partial charge in [-0.3, -0.25) is 4.79 Å². The molecule has 0 aliphatic carbocycles. The average Bonchev–Trinajstić information content (AvgIpc) is 2.92. The molecule has 0 saturated heterocycles. The summed E-state index contributed by atoms with van der Waals surface area (Å²) in [5.74, 6) is -0.886. The molecule has 0 saturated carbocycles. The van der Waals surface area contributed by atoms with Gasteiger partial charge in [-0.1, -0.05) is 41.9 Å². The van der Waals surface area contributed by atoms with Gasteiger partial charge in [0.2, 0.25) is 0 Å². The molecule has 4 nitrogen and oxygen atoms in total. The van der Waals surface area contributed by atoms with Crippen LogP contribution in [0.3, 0.4) is 0 Å². The molecule has 23 heavy (non-hydrogen) atoms. The second-order valence-corrected chi connectivity index (χ2v) is 5.30. The summed E-state index contributed by atoms with van der Waals surface area (Å²) in [7, 11) is 0. The van der Waals surface area contributed by atoms with E-state index in [9.17, 15) is 4.79 Å². The number of carboxylic acid groups (broad SMARTS) is 1. The van der Waals surface area contributed by atoms with Gasteiger partial charge in [0, 0.05) is 22.3 Å². The molecule has 0 fully saturated rings. The van der Waals surface area contributed by atoms with Crippen LogP contribution < -0.4 is 0 Å². The van der Waals surface area contributed by atoms with Crippen molar-refractivity contribution < 1.29 is 9.90 Å². The quantitative estimate of drug-likeness (QED) is 0.732. The third-order valence-corrected chi connectivity index (χ3v) is 3.52. The van der Waals surface area contributed by atoms with Crippen LogP contribution in [0.5, 0.6) is 0 Å². The number of carbonyl (C=O) groups is 1.